The molecule has 0 amide bonds. The Morgan fingerprint density at radius 2 is 2.11 bits per heavy atom. The summed E-state index contributed by atoms with van der Waals surface area (Å²) in [6.07, 6.45) is 2.56. The smallest absolute Gasteiger partial charge is 0.328 e. The number of halogens is 1. The van der Waals surface area contributed by atoms with Crippen LogP contribution in [0.4, 0.5) is 5.95 Å². The van der Waals surface area contributed by atoms with E-state index in [-0.39, 0.29) is 11.3 Å². The van der Waals surface area contributed by atoms with Crippen molar-refractivity contribution in [3.63, 3.8) is 0 Å². The summed E-state index contributed by atoms with van der Waals surface area (Å²) in [7, 11) is 0. The minimum absolute atomic E-state index is 0.0867. The Bertz CT molecular complexity index is 546. The molecule has 0 bridgehead atoms. The van der Waals surface area contributed by atoms with Crippen molar-refractivity contribution in [1.29, 1.82) is 0 Å². The van der Waals surface area contributed by atoms with Gasteiger partial charge < -0.3 is 10.1 Å². The Kier molecular flexibility index (Phi) is 4.46. The largest absolute Gasteiger partial charge is 0.422 e. The third-order valence-corrected chi connectivity index (χ3v) is 2.38. The summed E-state index contributed by atoms with van der Waals surface area (Å²) in [5, 5.41) is 3.11. The average molecular weight is 280 g/mol. The quantitative estimate of drug-likeness (QED) is 0.907. The second kappa shape index (κ2) is 6.29. The summed E-state index contributed by atoms with van der Waals surface area (Å²) in [4.78, 5) is 16.1. The van der Waals surface area contributed by atoms with Crippen LogP contribution in [-0.4, -0.2) is 26.5 Å². The summed E-state index contributed by atoms with van der Waals surface area (Å²) >= 11 is 5.82. The molecule has 0 spiro atoms. The van der Waals surface area contributed by atoms with E-state index in [0.717, 1.165) is 18.7 Å². The molecule has 0 saturated carbocycles. The van der Waals surface area contributed by atoms with Crippen molar-refractivity contribution in [1.82, 2.24) is 19.9 Å². The number of aromatic nitrogens is 4. The van der Waals surface area contributed by atoms with Gasteiger partial charge in [0.05, 0.1) is 6.20 Å². The Morgan fingerprint density at radius 1 is 1.26 bits per heavy atom. The maximum Gasteiger partial charge on any atom is 0.328 e. The first kappa shape index (κ1) is 13.5. The first-order valence-electron chi connectivity index (χ1n) is 5.93. The standard InChI is InChI=1S/C12H14ClN5O/c1-3-6-14-11-16-10(13)17-12(18-11)19-9-5-4-8(2)15-7-9/h4-5,7H,3,6H2,1-2H3,(H,14,16,17,18). The lowest BCUT2D eigenvalue weighted by Gasteiger charge is -2.06. The van der Waals surface area contributed by atoms with Crippen molar-refractivity contribution in [2.45, 2.75) is 20.3 Å². The summed E-state index contributed by atoms with van der Waals surface area (Å²) in [6.45, 7) is 4.70. The molecule has 2 heterocycles. The molecule has 0 radical (unpaired) electrons. The summed E-state index contributed by atoms with van der Waals surface area (Å²) in [5.41, 5.74) is 0.909. The fourth-order valence-electron chi connectivity index (χ4n) is 1.31. The minimum atomic E-state index is 0.0867. The van der Waals surface area contributed by atoms with Crippen molar-refractivity contribution >= 4 is 17.5 Å². The Balaban J connectivity index is 2.15. The van der Waals surface area contributed by atoms with Crippen molar-refractivity contribution < 1.29 is 4.74 Å². The number of rotatable bonds is 5. The van der Waals surface area contributed by atoms with Gasteiger partial charge in [-0.05, 0) is 37.1 Å². The van der Waals surface area contributed by atoms with Crippen LogP contribution < -0.4 is 10.1 Å². The van der Waals surface area contributed by atoms with E-state index in [1.165, 1.54) is 0 Å². The molecule has 19 heavy (non-hydrogen) atoms. The van der Waals surface area contributed by atoms with Crippen LogP contribution in [0.25, 0.3) is 0 Å². The zero-order valence-corrected chi connectivity index (χ0v) is 11.5. The van der Waals surface area contributed by atoms with Gasteiger partial charge in [-0.2, -0.15) is 15.0 Å². The van der Waals surface area contributed by atoms with Crippen molar-refractivity contribution in [3.05, 3.63) is 29.3 Å². The van der Waals surface area contributed by atoms with Gasteiger partial charge >= 0.3 is 6.01 Å². The highest BCUT2D eigenvalue weighted by Gasteiger charge is 2.07. The lowest BCUT2D eigenvalue weighted by molar-refractivity contribution is 0.438. The van der Waals surface area contributed by atoms with Gasteiger partial charge in [0, 0.05) is 12.2 Å². The van der Waals surface area contributed by atoms with E-state index in [1.54, 1.807) is 12.3 Å². The van der Waals surface area contributed by atoms with Gasteiger partial charge in [0.1, 0.15) is 5.75 Å². The van der Waals surface area contributed by atoms with Crippen LogP contribution in [0.5, 0.6) is 11.8 Å². The van der Waals surface area contributed by atoms with E-state index >= 15 is 0 Å². The molecule has 0 aliphatic rings. The third kappa shape index (κ3) is 4.03. The summed E-state index contributed by atoms with van der Waals surface area (Å²) < 4.78 is 5.49. The highest BCUT2D eigenvalue weighted by molar-refractivity contribution is 6.28. The lowest BCUT2D eigenvalue weighted by Crippen LogP contribution is -2.06. The first-order chi connectivity index (χ1) is 9.17. The van der Waals surface area contributed by atoms with Gasteiger partial charge in [-0.1, -0.05) is 6.92 Å². The molecule has 0 fully saturated rings. The fraction of sp³-hybridized carbons (Fsp3) is 0.333. The molecule has 0 aliphatic heterocycles. The molecule has 1 N–H and O–H groups in total. The molecule has 0 aromatic carbocycles. The number of anilines is 1. The molecular formula is C12H14ClN5O. The summed E-state index contributed by atoms with van der Waals surface area (Å²) in [6, 6.07) is 3.78. The van der Waals surface area contributed by atoms with Gasteiger partial charge in [-0.3, -0.25) is 4.98 Å². The van der Waals surface area contributed by atoms with Crippen molar-refractivity contribution in [2.75, 3.05) is 11.9 Å². The van der Waals surface area contributed by atoms with Gasteiger partial charge in [0.2, 0.25) is 11.2 Å². The normalized spacial score (nSPS) is 10.3. The van der Waals surface area contributed by atoms with E-state index in [0.29, 0.717) is 11.7 Å². The molecular weight excluding hydrogens is 266 g/mol. The predicted molar refractivity (Wildman–Crippen MR) is 72.7 cm³/mol. The molecule has 0 atom stereocenters. The van der Waals surface area contributed by atoms with Gasteiger partial charge in [0.15, 0.2) is 0 Å². The van der Waals surface area contributed by atoms with Crippen LogP contribution in [0.15, 0.2) is 18.3 Å². The predicted octanol–water partition coefficient (Wildman–Crippen LogP) is 2.84. The van der Waals surface area contributed by atoms with E-state index in [1.807, 2.05) is 19.9 Å². The lowest BCUT2D eigenvalue weighted by atomic mass is 10.4. The molecule has 100 valence electrons. The van der Waals surface area contributed by atoms with Crippen LogP contribution in [0.2, 0.25) is 5.28 Å². The van der Waals surface area contributed by atoms with Crippen LogP contribution in [0.1, 0.15) is 19.0 Å². The third-order valence-electron chi connectivity index (χ3n) is 2.21. The number of ether oxygens (including phenoxy) is 1. The molecule has 2 aromatic heterocycles. The number of nitrogens with one attached hydrogen (secondary N) is 1. The summed E-state index contributed by atoms with van der Waals surface area (Å²) in [5.74, 6) is 0.950. The van der Waals surface area contributed by atoms with E-state index in [4.69, 9.17) is 16.3 Å². The van der Waals surface area contributed by atoms with Crippen molar-refractivity contribution in [2.24, 2.45) is 0 Å². The topological polar surface area (TPSA) is 72.8 Å². The highest BCUT2D eigenvalue weighted by Crippen LogP contribution is 2.19. The molecule has 2 aromatic rings. The highest BCUT2D eigenvalue weighted by atomic mass is 35.5. The zero-order valence-electron chi connectivity index (χ0n) is 10.7. The van der Waals surface area contributed by atoms with Gasteiger partial charge in [-0.25, -0.2) is 0 Å². The maximum absolute atomic E-state index is 5.82. The number of aryl methyl sites for hydroxylation is 1. The van der Waals surface area contributed by atoms with Crippen LogP contribution in [0.3, 0.4) is 0 Å². The molecule has 6 nitrogen and oxygen atoms in total. The van der Waals surface area contributed by atoms with Crippen LogP contribution >= 0.6 is 11.6 Å². The zero-order chi connectivity index (χ0) is 13.7. The molecule has 0 unspecified atom stereocenters. The first-order valence-corrected chi connectivity index (χ1v) is 6.31. The number of hydrogen-bond donors (Lipinski definition) is 1. The molecule has 0 aliphatic carbocycles. The van der Waals surface area contributed by atoms with Crippen molar-refractivity contribution in [3.8, 4) is 11.8 Å². The number of pyridine rings is 1. The Hall–Kier alpha value is -1.95. The fourth-order valence-corrected chi connectivity index (χ4v) is 1.47. The number of nitrogens with zero attached hydrogens (tertiary/aromatic N) is 4. The van der Waals surface area contributed by atoms with Crippen LogP contribution in [-0.2, 0) is 0 Å². The SMILES string of the molecule is CCCNc1nc(Cl)nc(Oc2ccc(C)nc2)n1. The Morgan fingerprint density at radius 3 is 2.79 bits per heavy atom. The minimum Gasteiger partial charge on any atom is -0.422 e. The van der Waals surface area contributed by atoms with E-state index in [9.17, 15) is 0 Å². The molecule has 2 rings (SSSR count). The monoisotopic (exact) mass is 279 g/mol. The second-order valence-electron chi connectivity index (χ2n) is 3.87. The van der Waals surface area contributed by atoms with Crippen LogP contribution in [0, 0.1) is 6.92 Å². The number of hydrogen-bond acceptors (Lipinski definition) is 6. The van der Waals surface area contributed by atoms with E-state index < -0.39 is 0 Å². The molecule has 7 heteroatoms. The second-order valence-corrected chi connectivity index (χ2v) is 4.21. The van der Waals surface area contributed by atoms with Gasteiger partial charge in [-0.15, -0.1) is 0 Å². The van der Waals surface area contributed by atoms with E-state index in [2.05, 4.69) is 25.3 Å². The average Bonchev–Trinajstić information content (AvgIpc) is 2.38. The molecule has 0 saturated heterocycles. The van der Waals surface area contributed by atoms with Gasteiger partial charge in [0.25, 0.3) is 0 Å². The Labute approximate surface area is 116 Å². The maximum atomic E-state index is 5.82.